The van der Waals surface area contributed by atoms with Gasteiger partial charge in [-0.15, -0.1) is 0 Å². The van der Waals surface area contributed by atoms with Crippen LogP contribution in [0.15, 0.2) is 0 Å². The second-order valence-electron chi connectivity index (χ2n) is 9.12. The number of nitrogens with two attached hydrogens (primary N) is 1. The van der Waals surface area contributed by atoms with Crippen molar-refractivity contribution in [1.29, 1.82) is 0 Å². The molecule has 6 nitrogen and oxygen atoms in total. The van der Waals surface area contributed by atoms with Gasteiger partial charge in [0, 0.05) is 44.7 Å². The Balaban J connectivity index is 1.17. The topological polar surface area (TPSA) is 57.6 Å². The number of nitrogens with one attached hydrogen (secondary N) is 3. The van der Waals surface area contributed by atoms with Crippen molar-refractivity contribution in [2.45, 2.75) is 88.4 Å². The summed E-state index contributed by atoms with van der Waals surface area (Å²) < 4.78 is 0. The fraction of sp³-hybridized carbons (Fsp3) is 1.00. The van der Waals surface area contributed by atoms with Gasteiger partial charge in [-0.05, 0) is 32.1 Å². The maximum Gasteiger partial charge on any atom is 0.183 e. The number of hydroxylamine groups is 1. The van der Waals surface area contributed by atoms with E-state index in [-0.39, 0.29) is 6.23 Å². The predicted molar refractivity (Wildman–Crippen MR) is 95.5 cm³/mol. The van der Waals surface area contributed by atoms with Crippen LogP contribution in [0, 0.1) is 5.92 Å². The molecule has 5 fully saturated rings. The molecule has 4 saturated heterocycles. The Kier molecular flexibility index (Phi) is 5.01. The number of nitrogens with zero attached hydrogens (tertiary/aromatic N) is 1. The van der Waals surface area contributed by atoms with E-state index in [4.69, 9.17) is 4.84 Å². The van der Waals surface area contributed by atoms with Crippen molar-refractivity contribution in [2.24, 2.45) is 5.92 Å². The second-order valence-corrected chi connectivity index (χ2v) is 9.12. The lowest BCUT2D eigenvalue weighted by atomic mass is 9.90. The first-order valence-electron chi connectivity index (χ1n) is 11.0. The van der Waals surface area contributed by atoms with Gasteiger partial charge in [0.2, 0.25) is 0 Å². The molecule has 6 heteroatoms. The SMILES string of the molecule is C1CC([NH+]2CCC[C@@H]2C2NC(C3CC[NH2+]C(N4CCCC4)C3)NO2)C1. The number of quaternary nitrogens is 2. The van der Waals surface area contributed by atoms with E-state index in [0.29, 0.717) is 24.3 Å². The van der Waals surface area contributed by atoms with Crippen LogP contribution in [0.3, 0.4) is 0 Å². The molecule has 0 radical (unpaired) electrons. The van der Waals surface area contributed by atoms with E-state index in [2.05, 4.69) is 21.0 Å². The maximum atomic E-state index is 6.11. The first-order chi connectivity index (χ1) is 12.4. The minimum absolute atomic E-state index is 0.222. The van der Waals surface area contributed by atoms with E-state index in [0.717, 1.165) is 6.04 Å². The molecule has 6 atom stereocenters. The molecule has 5 unspecified atom stereocenters. The molecule has 0 aromatic carbocycles. The van der Waals surface area contributed by atoms with Gasteiger partial charge in [0.1, 0.15) is 12.2 Å². The van der Waals surface area contributed by atoms with E-state index in [1.807, 2.05) is 4.90 Å². The van der Waals surface area contributed by atoms with Gasteiger partial charge >= 0.3 is 0 Å². The Morgan fingerprint density at radius 1 is 1.00 bits per heavy atom. The molecule has 142 valence electrons. The highest BCUT2D eigenvalue weighted by Crippen LogP contribution is 2.24. The molecule has 5 rings (SSSR count). The number of piperidine rings is 1. The fourth-order valence-electron chi connectivity index (χ4n) is 6.05. The molecule has 5 N–H and O–H groups in total. The summed E-state index contributed by atoms with van der Waals surface area (Å²) in [7, 11) is 0. The van der Waals surface area contributed by atoms with Crippen molar-refractivity contribution in [3.05, 3.63) is 0 Å². The van der Waals surface area contributed by atoms with Gasteiger partial charge in [0.05, 0.1) is 25.3 Å². The lowest BCUT2D eigenvalue weighted by Crippen LogP contribution is -3.19. The maximum absolute atomic E-state index is 6.11. The molecule has 1 aliphatic carbocycles. The molecule has 1 saturated carbocycles. The molecule has 4 aliphatic heterocycles. The fourth-order valence-corrected chi connectivity index (χ4v) is 6.05. The van der Waals surface area contributed by atoms with E-state index in [1.54, 1.807) is 0 Å². The van der Waals surface area contributed by atoms with Crippen LogP contribution in [-0.2, 0) is 4.84 Å². The van der Waals surface area contributed by atoms with Gasteiger partial charge in [0.15, 0.2) is 6.23 Å². The monoisotopic (exact) mass is 351 g/mol. The quantitative estimate of drug-likeness (QED) is 0.512. The Morgan fingerprint density at radius 2 is 1.88 bits per heavy atom. The number of hydrogen-bond donors (Lipinski definition) is 4. The zero-order chi connectivity index (χ0) is 16.6. The summed E-state index contributed by atoms with van der Waals surface area (Å²) in [4.78, 5) is 10.6. The number of likely N-dealkylation sites (tertiary alicyclic amines) is 2. The Hall–Kier alpha value is -0.240. The highest BCUT2D eigenvalue weighted by atomic mass is 16.7. The summed E-state index contributed by atoms with van der Waals surface area (Å²) in [6, 6.07) is 1.58. The minimum atomic E-state index is 0.222. The summed E-state index contributed by atoms with van der Waals surface area (Å²) in [5, 5.41) is 6.44. The zero-order valence-electron chi connectivity index (χ0n) is 15.6. The summed E-state index contributed by atoms with van der Waals surface area (Å²) in [6.07, 6.45) is 13.7. The van der Waals surface area contributed by atoms with Crippen molar-refractivity contribution in [1.82, 2.24) is 15.7 Å². The third-order valence-electron chi connectivity index (χ3n) is 7.72. The van der Waals surface area contributed by atoms with Crippen LogP contribution in [0.2, 0.25) is 0 Å². The minimum Gasteiger partial charge on any atom is -0.331 e. The molecule has 5 aliphatic rings. The van der Waals surface area contributed by atoms with Gasteiger partial charge in [-0.25, -0.2) is 0 Å². The van der Waals surface area contributed by atoms with Gasteiger partial charge < -0.3 is 10.2 Å². The van der Waals surface area contributed by atoms with Crippen molar-refractivity contribution in [3.8, 4) is 0 Å². The van der Waals surface area contributed by atoms with Crippen LogP contribution in [0.25, 0.3) is 0 Å². The summed E-state index contributed by atoms with van der Waals surface area (Å²) in [5.74, 6) is 0.703. The van der Waals surface area contributed by atoms with Crippen molar-refractivity contribution in [2.75, 3.05) is 26.2 Å². The Labute approximate surface area is 152 Å². The first kappa shape index (κ1) is 16.9. The molecule has 4 heterocycles. The van der Waals surface area contributed by atoms with Crippen LogP contribution in [-0.4, -0.2) is 61.7 Å². The smallest absolute Gasteiger partial charge is 0.183 e. The van der Waals surface area contributed by atoms with Gasteiger partial charge in [0.25, 0.3) is 0 Å². The summed E-state index contributed by atoms with van der Waals surface area (Å²) in [5.41, 5.74) is 3.40. The predicted octanol–water partition coefficient (Wildman–Crippen LogP) is -1.24. The van der Waals surface area contributed by atoms with Crippen LogP contribution in [0.4, 0.5) is 0 Å². The average Bonchev–Trinajstić information content (AvgIpc) is 3.34. The molecule has 0 aromatic rings. The largest absolute Gasteiger partial charge is 0.331 e. The van der Waals surface area contributed by atoms with Gasteiger partial charge in [-0.1, -0.05) is 0 Å². The molecular formula is C19H37N5O+2. The number of hydrogen-bond acceptors (Lipinski definition) is 4. The molecule has 0 amide bonds. The molecule has 0 bridgehead atoms. The Morgan fingerprint density at radius 3 is 2.68 bits per heavy atom. The highest BCUT2D eigenvalue weighted by Gasteiger charge is 2.47. The van der Waals surface area contributed by atoms with Crippen LogP contribution in [0.1, 0.15) is 57.8 Å². The second kappa shape index (κ2) is 7.41. The third kappa shape index (κ3) is 3.37. The first-order valence-corrected chi connectivity index (χ1v) is 11.0. The van der Waals surface area contributed by atoms with E-state index >= 15 is 0 Å². The average molecular weight is 352 g/mol. The molecule has 0 aromatic heterocycles. The number of rotatable bonds is 4. The van der Waals surface area contributed by atoms with Crippen LogP contribution < -0.4 is 21.0 Å². The van der Waals surface area contributed by atoms with Gasteiger partial charge in [-0.2, -0.15) is 5.48 Å². The standard InChI is InChI=1S/C19H35N5O/c1-2-11-23(10-1)17-13-14(8-9-20-17)18-21-19(25-22-18)16-7-4-12-24(16)15-5-3-6-15/h14-22H,1-13H2/p+2/t14?,16-,17?,18?,19?/m1/s1. The Bertz CT molecular complexity index is 453. The van der Waals surface area contributed by atoms with Gasteiger partial charge in [-0.3, -0.25) is 15.1 Å². The summed E-state index contributed by atoms with van der Waals surface area (Å²) in [6.45, 7) is 5.23. The van der Waals surface area contributed by atoms with Crippen molar-refractivity contribution < 1.29 is 15.1 Å². The highest BCUT2D eigenvalue weighted by molar-refractivity contribution is 4.86. The molecule has 0 spiro atoms. The van der Waals surface area contributed by atoms with E-state index in [9.17, 15) is 0 Å². The van der Waals surface area contributed by atoms with Crippen LogP contribution >= 0.6 is 0 Å². The van der Waals surface area contributed by atoms with Crippen LogP contribution in [0.5, 0.6) is 0 Å². The normalized spacial score (nSPS) is 46.6. The molecular weight excluding hydrogens is 314 g/mol. The zero-order valence-corrected chi connectivity index (χ0v) is 15.6. The summed E-state index contributed by atoms with van der Waals surface area (Å²) >= 11 is 0. The lowest BCUT2D eigenvalue weighted by molar-refractivity contribution is -0.946. The van der Waals surface area contributed by atoms with Crippen molar-refractivity contribution >= 4 is 0 Å². The van der Waals surface area contributed by atoms with E-state index in [1.165, 1.54) is 84.0 Å². The van der Waals surface area contributed by atoms with Crippen molar-refractivity contribution in [3.63, 3.8) is 0 Å². The molecule has 25 heavy (non-hydrogen) atoms. The van der Waals surface area contributed by atoms with E-state index < -0.39 is 0 Å². The third-order valence-corrected chi connectivity index (χ3v) is 7.72. The lowest BCUT2D eigenvalue weighted by Gasteiger charge is -2.37.